The first-order valence-corrected chi connectivity index (χ1v) is 6.51. The molecule has 2 heterocycles. The van der Waals surface area contributed by atoms with Gasteiger partial charge in [-0.05, 0) is 25.1 Å². The second-order valence-corrected chi connectivity index (χ2v) is 5.50. The van der Waals surface area contributed by atoms with E-state index in [1.165, 1.54) is 11.3 Å². The monoisotopic (exact) mass is 293 g/mol. The van der Waals surface area contributed by atoms with Gasteiger partial charge in [0, 0.05) is 16.5 Å². The average molecular weight is 293 g/mol. The molecule has 7 heteroatoms. The molecule has 0 atom stereocenters. The number of nitrogens with zero attached hydrogens (tertiary/aromatic N) is 2. The summed E-state index contributed by atoms with van der Waals surface area (Å²) < 4.78 is 31.4. The fourth-order valence-corrected chi connectivity index (χ4v) is 2.61. The van der Waals surface area contributed by atoms with Crippen molar-refractivity contribution in [3.63, 3.8) is 0 Å². The normalized spacial score (nSPS) is 10.9. The maximum atomic E-state index is 13.2. The highest BCUT2D eigenvalue weighted by Gasteiger charge is 2.16. The zero-order chi connectivity index (χ0) is 14.3. The van der Waals surface area contributed by atoms with E-state index in [0.717, 1.165) is 23.1 Å². The Morgan fingerprint density at radius 2 is 1.85 bits per heavy atom. The number of hydrogen-bond donors (Lipinski definition) is 1. The van der Waals surface area contributed by atoms with Gasteiger partial charge in [0.25, 0.3) is 5.89 Å². The van der Waals surface area contributed by atoms with Gasteiger partial charge in [-0.25, -0.2) is 8.78 Å². The molecule has 2 aromatic heterocycles. The lowest BCUT2D eigenvalue weighted by Crippen LogP contribution is -1.86. The molecule has 1 aromatic carbocycles. The summed E-state index contributed by atoms with van der Waals surface area (Å²) in [6.45, 7) is 1.91. The molecule has 0 aliphatic heterocycles. The second-order valence-electron chi connectivity index (χ2n) is 4.22. The van der Waals surface area contributed by atoms with Gasteiger partial charge in [-0.1, -0.05) is 5.16 Å². The number of nitrogen functional groups attached to an aromatic ring is 1. The molecule has 3 rings (SSSR count). The van der Waals surface area contributed by atoms with Crippen molar-refractivity contribution in [3.05, 3.63) is 40.8 Å². The van der Waals surface area contributed by atoms with Gasteiger partial charge in [0.2, 0.25) is 5.82 Å². The Bertz CT molecular complexity index is 762. The van der Waals surface area contributed by atoms with E-state index in [2.05, 4.69) is 10.1 Å². The molecule has 0 bridgehead atoms. The van der Waals surface area contributed by atoms with Crippen molar-refractivity contribution in [2.75, 3.05) is 5.73 Å². The SMILES string of the molecule is Cc1cc(-c2nc(-c3cc(F)cc(F)c3)no2)c(N)s1. The topological polar surface area (TPSA) is 64.9 Å². The largest absolute Gasteiger partial charge is 0.390 e. The van der Waals surface area contributed by atoms with E-state index < -0.39 is 11.6 Å². The van der Waals surface area contributed by atoms with E-state index >= 15 is 0 Å². The van der Waals surface area contributed by atoms with Gasteiger partial charge in [0.1, 0.15) is 11.6 Å². The predicted molar refractivity (Wildman–Crippen MR) is 72.1 cm³/mol. The van der Waals surface area contributed by atoms with Gasteiger partial charge in [-0.2, -0.15) is 4.98 Å². The van der Waals surface area contributed by atoms with Crippen LogP contribution in [0, 0.1) is 18.6 Å². The second kappa shape index (κ2) is 4.68. The number of rotatable bonds is 2. The van der Waals surface area contributed by atoms with Crippen molar-refractivity contribution in [3.8, 4) is 22.8 Å². The van der Waals surface area contributed by atoms with Crippen LogP contribution in [0.3, 0.4) is 0 Å². The minimum absolute atomic E-state index is 0.113. The average Bonchev–Trinajstić information content (AvgIpc) is 2.94. The molecule has 4 nitrogen and oxygen atoms in total. The van der Waals surface area contributed by atoms with Crippen LogP contribution < -0.4 is 5.73 Å². The number of aryl methyl sites for hydroxylation is 1. The molecule has 102 valence electrons. The maximum absolute atomic E-state index is 13.2. The first-order chi connectivity index (χ1) is 9.52. The van der Waals surface area contributed by atoms with E-state index in [-0.39, 0.29) is 17.3 Å². The van der Waals surface area contributed by atoms with Crippen LogP contribution in [0.4, 0.5) is 13.8 Å². The molecule has 0 fully saturated rings. The molecule has 0 unspecified atom stereocenters. The highest BCUT2D eigenvalue weighted by Crippen LogP contribution is 2.33. The Morgan fingerprint density at radius 3 is 2.45 bits per heavy atom. The Kier molecular flexibility index (Phi) is 2.98. The van der Waals surface area contributed by atoms with Crippen LogP contribution in [0.2, 0.25) is 0 Å². The van der Waals surface area contributed by atoms with Crippen LogP contribution in [-0.2, 0) is 0 Å². The third-order valence-electron chi connectivity index (χ3n) is 2.66. The van der Waals surface area contributed by atoms with Gasteiger partial charge < -0.3 is 10.3 Å². The zero-order valence-corrected chi connectivity index (χ0v) is 11.2. The lowest BCUT2D eigenvalue weighted by atomic mass is 10.2. The third-order valence-corrected chi connectivity index (χ3v) is 3.54. The van der Waals surface area contributed by atoms with E-state index in [1.54, 1.807) is 0 Å². The Morgan fingerprint density at radius 1 is 1.15 bits per heavy atom. The quantitative estimate of drug-likeness (QED) is 0.783. The summed E-state index contributed by atoms with van der Waals surface area (Å²) in [6, 6.07) is 4.88. The summed E-state index contributed by atoms with van der Waals surface area (Å²) in [7, 11) is 0. The van der Waals surface area contributed by atoms with Crippen molar-refractivity contribution >= 4 is 16.3 Å². The molecule has 0 aliphatic rings. The maximum Gasteiger partial charge on any atom is 0.261 e. The highest BCUT2D eigenvalue weighted by molar-refractivity contribution is 7.16. The fraction of sp³-hybridized carbons (Fsp3) is 0.0769. The van der Waals surface area contributed by atoms with Gasteiger partial charge in [-0.3, -0.25) is 0 Å². The summed E-state index contributed by atoms with van der Waals surface area (Å²) in [5, 5.41) is 4.28. The summed E-state index contributed by atoms with van der Waals surface area (Å²) >= 11 is 1.40. The van der Waals surface area contributed by atoms with Gasteiger partial charge in [0.15, 0.2) is 0 Å². The van der Waals surface area contributed by atoms with E-state index in [0.29, 0.717) is 10.6 Å². The first-order valence-electron chi connectivity index (χ1n) is 5.69. The molecule has 0 radical (unpaired) electrons. The number of benzene rings is 1. The van der Waals surface area contributed by atoms with E-state index in [4.69, 9.17) is 10.3 Å². The summed E-state index contributed by atoms with van der Waals surface area (Å²) in [5.74, 6) is -1.05. The fourth-order valence-electron chi connectivity index (χ4n) is 1.83. The number of aromatic nitrogens is 2. The highest BCUT2D eigenvalue weighted by atomic mass is 32.1. The number of nitrogens with two attached hydrogens (primary N) is 1. The zero-order valence-electron chi connectivity index (χ0n) is 10.4. The molecule has 3 aromatic rings. The summed E-state index contributed by atoms with van der Waals surface area (Å²) in [4.78, 5) is 5.13. The van der Waals surface area contributed by atoms with Crippen LogP contribution in [0.1, 0.15) is 4.88 Å². The van der Waals surface area contributed by atoms with Crippen molar-refractivity contribution in [2.45, 2.75) is 6.92 Å². The van der Waals surface area contributed by atoms with Crippen molar-refractivity contribution in [1.82, 2.24) is 10.1 Å². The smallest absolute Gasteiger partial charge is 0.261 e. The standard InChI is InChI=1S/C13H9F2N3OS/c1-6-2-10(11(16)20-6)13-17-12(18-19-13)7-3-8(14)5-9(15)4-7/h2-5H,16H2,1H3. The Labute approximate surface area is 116 Å². The van der Waals surface area contributed by atoms with Crippen LogP contribution in [0.5, 0.6) is 0 Å². The molecule has 0 spiro atoms. The minimum Gasteiger partial charge on any atom is -0.390 e. The van der Waals surface area contributed by atoms with Crippen LogP contribution in [0.25, 0.3) is 22.8 Å². The molecule has 0 amide bonds. The Hall–Kier alpha value is -2.28. The first kappa shape index (κ1) is 12.7. The number of halogens is 2. The number of thiophene rings is 1. The Balaban J connectivity index is 2.04. The summed E-state index contributed by atoms with van der Waals surface area (Å²) in [6.07, 6.45) is 0. The van der Waals surface area contributed by atoms with Gasteiger partial charge >= 0.3 is 0 Å². The van der Waals surface area contributed by atoms with Crippen LogP contribution in [-0.4, -0.2) is 10.1 Å². The summed E-state index contributed by atoms with van der Waals surface area (Å²) in [5.41, 5.74) is 6.68. The molecular weight excluding hydrogens is 284 g/mol. The van der Waals surface area contributed by atoms with E-state index in [1.807, 2.05) is 13.0 Å². The lowest BCUT2D eigenvalue weighted by Gasteiger charge is -1.95. The molecule has 20 heavy (non-hydrogen) atoms. The van der Waals surface area contributed by atoms with Crippen molar-refractivity contribution in [2.24, 2.45) is 0 Å². The van der Waals surface area contributed by atoms with Crippen LogP contribution >= 0.6 is 11.3 Å². The molecule has 0 saturated heterocycles. The molecule has 0 aliphatic carbocycles. The van der Waals surface area contributed by atoms with Gasteiger partial charge in [-0.15, -0.1) is 11.3 Å². The van der Waals surface area contributed by atoms with Crippen molar-refractivity contribution in [1.29, 1.82) is 0 Å². The molecule has 0 saturated carbocycles. The number of anilines is 1. The number of hydrogen-bond acceptors (Lipinski definition) is 5. The van der Waals surface area contributed by atoms with E-state index in [9.17, 15) is 8.78 Å². The van der Waals surface area contributed by atoms with Crippen molar-refractivity contribution < 1.29 is 13.3 Å². The third kappa shape index (κ3) is 2.27. The lowest BCUT2D eigenvalue weighted by molar-refractivity contribution is 0.432. The van der Waals surface area contributed by atoms with Gasteiger partial charge in [0.05, 0.1) is 10.6 Å². The molecule has 2 N–H and O–H groups in total. The predicted octanol–water partition coefficient (Wildman–Crippen LogP) is 3.63. The molecular formula is C13H9F2N3OS. The minimum atomic E-state index is -0.697. The van der Waals surface area contributed by atoms with Crippen LogP contribution in [0.15, 0.2) is 28.8 Å².